The summed E-state index contributed by atoms with van der Waals surface area (Å²) < 4.78 is 9.33. The van der Waals surface area contributed by atoms with E-state index < -0.39 is 4.33 Å². The van der Waals surface area contributed by atoms with E-state index in [1.807, 2.05) is 0 Å². The van der Waals surface area contributed by atoms with Crippen molar-refractivity contribution in [1.29, 1.82) is 0 Å². The number of rotatable bonds is 4. The number of methoxy groups -OCH3 is 2. The molecule has 1 N–H and O–H groups in total. The van der Waals surface area contributed by atoms with E-state index >= 15 is 0 Å². The van der Waals surface area contributed by atoms with Gasteiger partial charge in [0.25, 0.3) is 0 Å². The maximum atomic E-state index is 11.8. The van der Waals surface area contributed by atoms with Gasteiger partial charge in [-0.1, -0.05) is 0 Å². The van der Waals surface area contributed by atoms with Crippen molar-refractivity contribution in [2.75, 3.05) is 19.5 Å². The molecule has 1 aromatic carbocycles. The first-order valence-electron chi connectivity index (χ1n) is 5.38. The third-order valence-electron chi connectivity index (χ3n) is 2.81. The minimum absolute atomic E-state index is 0.205. The van der Waals surface area contributed by atoms with Crippen LogP contribution in [0.2, 0.25) is 0 Å². The Hall–Kier alpha value is -1.13. The van der Waals surface area contributed by atoms with Crippen molar-refractivity contribution in [3.63, 3.8) is 0 Å². The number of nitrogens with one attached hydrogen (secondary N) is 1. The van der Waals surface area contributed by atoms with Crippen LogP contribution in [-0.2, 0) is 4.79 Å². The lowest BCUT2D eigenvalue weighted by atomic mass is 10.2. The van der Waals surface area contributed by atoms with Crippen LogP contribution in [0.3, 0.4) is 0 Å². The predicted molar refractivity (Wildman–Crippen MR) is 70.7 cm³/mol. The maximum absolute atomic E-state index is 11.8. The average molecular weight is 290 g/mol. The van der Waals surface area contributed by atoms with Crippen LogP contribution < -0.4 is 14.8 Å². The van der Waals surface area contributed by atoms with Gasteiger partial charge in [-0.2, -0.15) is 0 Å². The molecule has 0 aliphatic heterocycles. The van der Waals surface area contributed by atoms with Gasteiger partial charge in [0.05, 0.1) is 25.8 Å². The number of anilines is 1. The van der Waals surface area contributed by atoms with E-state index in [9.17, 15) is 4.79 Å². The van der Waals surface area contributed by atoms with Crippen LogP contribution in [0.25, 0.3) is 0 Å². The summed E-state index contributed by atoms with van der Waals surface area (Å²) in [5.41, 5.74) is 0.569. The number of alkyl halides is 2. The van der Waals surface area contributed by atoms with Crippen molar-refractivity contribution in [3.05, 3.63) is 18.2 Å². The van der Waals surface area contributed by atoms with Gasteiger partial charge < -0.3 is 14.8 Å². The fourth-order valence-corrected chi connectivity index (χ4v) is 2.13. The summed E-state index contributed by atoms with van der Waals surface area (Å²) in [6.45, 7) is 0. The van der Waals surface area contributed by atoms with Crippen LogP contribution in [0.4, 0.5) is 5.69 Å². The minimum Gasteiger partial charge on any atom is -0.497 e. The van der Waals surface area contributed by atoms with Crippen LogP contribution in [0.5, 0.6) is 11.5 Å². The lowest BCUT2D eigenvalue weighted by Crippen LogP contribution is -2.17. The molecule has 98 valence electrons. The molecule has 1 saturated carbocycles. The lowest BCUT2D eigenvalue weighted by molar-refractivity contribution is -0.117. The molecule has 18 heavy (non-hydrogen) atoms. The second kappa shape index (κ2) is 4.86. The van der Waals surface area contributed by atoms with Crippen molar-refractivity contribution >= 4 is 34.8 Å². The molecule has 1 amide bonds. The van der Waals surface area contributed by atoms with Crippen LogP contribution in [0.1, 0.15) is 6.42 Å². The number of halogens is 2. The van der Waals surface area contributed by atoms with E-state index in [4.69, 9.17) is 32.7 Å². The summed E-state index contributed by atoms with van der Waals surface area (Å²) in [5, 5.41) is 2.74. The number of carbonyl (C=O) groups is 1. The monoisotopic (exact) mass is 289 g/mol. The zero-order chi connectivity index (χ0) is 13.3. The SMILES string of the molecule is COc1ccc(NC(=O)[C@H]2CC2(Cl)Cl)c(OC)c1. The van der Waals surface area contributed by atoms with E-state index in [-0.39, 0.29) is 11.8 Å². The number of carbonyl (C=O) groups excluding carboxylic acids is 1. The summed E-state index contributed by atoms with van der Waals surface area (Å²) in [6.07, 6.45) is 0.473. The summed E-state index contributed by atoms with van der Waals surface area (Å²) in [5.74, 6) is 0.606. The zero-order valence-corrected chi connectivity index (χ0v) is 11.5. The Morgan fingerprint density at radius 1 is 1.39 bits per heavy atom. The number of ether oxygens (including phenoxy) is 2. The standard InChI is InChI=1S/C12H13Cl2NO3/c1-17-7-3-4-9(10(5-7)18-2)15-11(16)8-6-12(8,13)14/h3-5,8H,6H2,1-2H3,(H,15,16)/t8-/m1/s1. The highest BCUT2D eigenvalue weighted by Gasteiger charge is 2.56. The molecule has 0 unspecified atom stereocenters. The van der Waals surface area contributed by atoms with Crippen molar-refractivity contribution in [1.82, 2.24) is 0 Å². The normalized spacial score (nSPS) is 20.1. The highest BCUT2D eigenvalue weighted by molar-refractivity contribution is 6.52. The van der Waals surface area contributed by atoms with Gasteiger partial charge in [0.1, 0.15) is 15.8 Å². The van der Waals surface area contributed by atoms with Crippen molar-refractivity contribution in [3.8, 4) is 11.5 Å². The molecule has 0 saturated heterocycles. The molecule has 4 nitrogen and oxygen atoms in total. The molecule has 0 spiro atoms. The molecule has 0 bridgehead atoms. The van der Waals surface area contributed by atoms with E-state index in [1.54, 1.807) is 25.3 Å². The topological polar surface area (TPSA) is 47.6 Å². The first-order chi connectivity index (χ1) is 8.47. The Bertz CT molecular complexity index is 476. The molecule has 1 aliphatic rings. The predicted octanol–water partition coefficient (Wildman–Crippen LogP) is 2.84. The summed E-state index contributed by atoms with van der Waals surface area (Å²) in [6, 6.07) is 5.14. The quantitative estimate of drug-likeness (QED) is 0.867. The Morgan fingerprint density at radius 2 is 2.06 bits per heavy atom. The average Bonchev–Trinajstić information content (AvgIpc) is 2.99. The Labute approximate surface area is 115 Å². The molecule has 1 aliphatic carbocycles. The fraction of sp³-hybridized carbons (Fsp3) is 0.417. The van der Waals surface area contributed by atoms with Gasteiger partial charge in [-0.25, -0.2) is 0 Å². The van der Waals surface area contributed by atoms with Gasteiger partial charge in [0.15, 0.2) is 0 Å². The first-order valence-corrected chi connectivity index (χ1v) is 6.14. The number of hydrogen-bond donors (Lipinski definition) is 1. The van der Waals surface area contributed by atoms with Crippen LogP contribution in [0.15, 0.2) is 18.2 Å². The van der Waals surface area contributed by atoms with E-state index in [1.165, 1.54) is 7.11 Å². The molecule has 2 rings (SSSR count). The van der Waals surface area contributed by atoms with Crippen molar-refractivity contribution in [2.24, 2.45) is 5.92 Å². The molecule has 1 atom stereocenters. The minimum atomic E-state index is -0.927. The molecular weight excluding hydrogens is 277 g/mol. The summed E-state index contributed by atoms with van der Waals surface area (Å²) in [7, 11) is 3.08. The van der Waals surface area contributed by atoms with Gasteiger partial charge in [-0.3, -0.25) is 4.79 Å². The molecule has 6 heteroatoms. The van der Waals surface area contributed by atoms with Crippen LogP contribution in [0, 0.1) is 5.92 Å². The number of amides is 1. The summed E-state index contributed by atoms with van der Waals surface area (Å²) in [4.78, 5) is 11.8. The molecule has 0 heterocycles. The first kappa shape index (κ1) is 13.3. The van der Waals surface area contributed by atoms with Gasteiger partial charge in [-0.05, 0) is 18.6 Å². The Morgan fingerprint density at radius 3 is 2.56 bits per heavy atom. The third kappa shape index (κ3) is 2.65. The highest BCUT2D eigenvalue weighted by Crippen LogP contribution is 2.53. The van der Waals surface area contributed by atoms with E-state index in [2.05, 4.69) is 5.32 Å². The fourth-order valence-electron chi connectivity index (χ4n) is 1.62. The Kier molecular flexibility index (Phi) is 3.59. The van der Waals surface area contributed by atoms with Crippen molar-refractivity contribution < 1.29 is 14.3 Å². The van der Waals surface area contributed by atoms with Gasteiger partial charge in [0, 0.05) is 6.07 Å². The van der Waals surface area contributed by atoms with Gasteiger partial charge >= 0.3 is 0 Å². The highest BCUT2D eigenvalue weighted by atomic mass is 35.5. The smallest absolute Gasteiger partial charge is 0.230 e. The third-order valence-corrected chi connectivity index (χ3v) is 3.64. The maximum Gasteiger partial charge on any atom is 0.230 e. The van der Waals surface area contributed by atoms with Crippen LogP contribution in [-0.4, -0.2) is 24.5 Å². The summed E-state index contributed by atoms with van der Waals surface area (Å²) >= 11 is 11.7. The number of benzene rings is 1. The number of hydrogen-bond acceptors (Lipinski definition) is 3. The lowest BCUT2D eigenvalue weighted by Gasteiger charge is -2.11. The molecule has 1 aromatic rings. The molecule has 0 radical (unpaired) electrons. The van der Waals surface area contributed by atoms with E-state index in [0.29, 0.717) is 23.6 Å². The Balaban J connectivity index is 2.12. The zero-order valence-electron chi connectivity index (χ0n) is 10.00. The molecular formula is C12H13Cl2NO3. The van der Waals surface area contributed by atoms with Crippen LogP contribution >= 0.6 is 23.2 Å². The largest absolute Gasteiger partial charge is 0.497 e. The van der Waals surface area contributed by atoms with Crippen molar-refractivity contribution in [2.45, 2.75) is 10.8 Å². The van der Waals surface area contributed by atoms with E-state index in [0.717, 1.165) is 0 Å². The van der Waals surface area contributed by atoms with Gasteiger partial charge in [-0.15, -0.1) is 23.2 Å². The molecule has 1 fully saturated rings. The second-order valence-corrected chi connectivity index (χ2v) is 5.62. The van der Waals surface area contributed by atoms with Gasteiger partial charge in [0.2, 0.25) is 5.91 Å². The molecule has 0 aromatic heterocycles. The second-order valence-electron chi connectivity index (χ2n) is 4.07.